The van der Waals surface area contributed by atoms with Gasteiger partial charge >= 0.3 is 0 Å². The number of nitrogens with one attached hydrogen (secondary N) is 1. The van der Waals surface area contributed by atoms with Crippen LogP contribution in [0, 0.1) is 20.8 Å². The summed E-state index contributed by atoms with van der Waals surface area (Å²) < 4.78 is 5.71. The Morgan fingerprint density at radius 1 is 1.35 bits per heavy atom. The highest BCUT2D eigenvalue weighted by Crippen LogP contribution is 2.21. The van der Waals surface area contributed by atoms with E-state index >= 15 is 0 Å². The first kappa shape index (κ1) is 14.5. The molecule has 1 atom stereocenters. The number of aryl methyl sites for hydroxylation is 3. The van der Waals surface area contributed by atoms with Crippen molar-refractivity contribution in [2.45, 2.75) is 33.8 Å². The molecule has 2 rings (SSSR count). The number of hydrogen-bond acceptors (Lipinski definition) is 4. The Bertz CT molecular complexity index is 622. The minimum Gasteiger partial charge on any atom is -0.481 e. The molecule has 1 heterocycles. The number of ether oxygens (including phenoxy) is 1. The first-order chi connectivity index (χ1) is 9.45. The van der Waals surface area contributed by atoms with Crippen molar-refractivity contribution in [3.63, 3.8) is 0 Å². The minimum absolute atomic E-state index is 0.195. The predicted octanol–water partition coefficient (Wildman–Crippen LogP) is 3.47. The second-order valence-electron chi connectivity index (χ2n) is 4.79. The number of rotatable bonds is 4. The van der Waals surface area contributed by atoms with Gasteiger partial charge in [0.05, 0.1) is 0 Å². The van der Waals surface area contributed by atoms with Gasteiger partial charge in [0.1, 0.15) is 5.75 Å². The van der Waals surface area contributed by atoms with Gasteiger partial charge in [-0.25, -0.2) is 4.98 Å². The zero-order chi connectivity index (χ0) is 14.7. The maximum atomic E-state index is 12.0. The molecule has 5 heteroatoms. The Labute approximate surface area is 122 Å². The molecule has 0 aliphatic carbocycles. The highest BCUT2D eigenvalue weighted by atomic mass is 32.1. The van der Waals surface area contributed by atoms with E-state index in [0.29, 0.717) is 5.13 Å². The molecule has 1 amide bonds. The fourth-order valence-corrected chi connectivity index (χ4v) is 2.46. The van der Waals surface area contributed by atoms with E-state index < -0.39 is 6.10 Å². The summed E-state index contributed by atoms with van der Waals surface area (Å²) in [6, 6.07) is 5.89. The van der Waals surface area contributed by atoms with Crippen LogP contribution in [0.2, 0.25) is 0 Å². The van der Waals surface area contributed by atoms with Crippen molar-refractivity contribution in [2.24, 2.45) is 0 Å². The number of anilines is 1. The molecule has 1 aromatic carbocycles. The average Bonchev–Trinajstić information content (AvgIpc) is 2.78. The third-order valence-electron chi connectivity index (χ3n) is 2.85. The second-order valence-corrected chi connectivity index (χ2v) is 6.03. The maximum Gasteiger partial charge on any atom is 0.266 e. The summed E-state index contributed by atoms with van der Waals surface area (Å²) in [6.45, 7) is 7.67. The number of benzene rings is 1. The largest absolute Gasteiger partial charge is 0.481 e. The Balaban J connectivity index is 2.00. The molecule has 0 saturated carbocycles. The molecule has 20 heavy (non-hydrogen) atoms. The van der Waals surface area contributed by atoms with Crippen LogP contribution in [-0.4, -0.2) is 17.0 Å². The lowest BCUT2D eigenvalue weighted by atomic mass is 10.1. The molecular weight excluding hydrogens is 272 g/mol. The molecule has 2 aromatic rings. The lowest BCUT2D eigenvalue weighted by Gasteiger charge is -2.15. The molecular formula is C15H18N2O2S. The average molecular weight is 290 g/mol. The van der Waals surface area contributed by atoms with Crippen LogP contribution >= 0.6 is 11.3 Å². The van der Waals surface area contributed by atoms with Crippen LogP contribution in [0.3, 0.4) is 0 Å². The summed E-state index contributed by atoms with van der Waals surface area (Å²) in [7, 11) is 0. The summed E-state index contributed by atoms with van der Waals surface area (Å²) in [5, 5.41) is 3.36. The molecule has 106 valence electrons. The van der Waals surface area contributed by atoms with E-state index in [1.54, 1.807) is 13.1 Å². The summed E-state index contributed by atoms with van der Waals surface area (Å²) in [4.78, 5) is 17.2. The van der Waals surface area contributed by atoms with Crippen molar-refractivity contribution in [2.75, 3.05) is 5.32 Å². The van der Waals surface area contributed by atoms with Crippen molar-refractivity contribution in [3.05, 3.63) is 40.4 Å². The zero-order valence-electron chi connectivity index (χ0n) is 12.1. The fourth-order valence-electron chi connectivity index (χ4n) is 1.80. The normalized spacial score (nSPS) is 12.0. The van der Waals surface area contributed by atoms with Gasteiger partial charge in [-0.1, -0.05) is 17.7 Å². The molecule has 0 fully saturated rings. The van der Waals surface area contributed by atoms with E-state index in [4.69, 9.17) is 4.74 Å². The third kappa shape index (κ3) is 3.57. The molecule has 4 nitrogen and oxygen atoms in total. The van der Waals surface area contributed by atoms with Gasteiger partial charge in [-0.05, 0) is 39.3 Å². The quantitative estimate of drug-likeness (QED) is 0.938. The standard InChI is InChI=1S/C15H18N2O2S/c1-9-5-6-13(10(2)7-9)19-12(4)14(18)17-15-16-8-11(3)20-15/h5-8,12H,1-4H3,(H,16,17,18)/t12-/m0/s1. The molecule has 0 radical (unpaired) electrons. The van der Waals surface area contributed by atoms with Crippen LogP contribution in [0.1, 0.15) is 22.9 Å². The Kier molecular flexibility index (Phi) is 4.39. The highest BCUT2D eigenvalue weighted by Gasteiger charge is 2.17. The van der Waals surface area contributed by atoms with Gasteiger partial charge in [0.2, 0.25) is 0 Å². The Morgan fingerprint density at radius 3 is 2.70 bits per heavy atom. The van der Waals surface area contributed by atoms with Crippen LogP contribution in [0.4, 0.5) is 5.13 Å². The number of thiazole rings is 1. The van der Waals surface area contributed by atoms with Crippen molar-refractivity contribution < 1.29 is 9.53 Å². The lowest BCUT2D eigenvalue weighted by Crippen LogP contribution is -2.30. The molecule has 1 N–H and O–H groups in total. The number of nitrogens with zero attached hydrogens (tertiary/aromatic N) is 1. The van der Waals surface area contributed by atoms with Crippen LogP contribution in [0.25, 0.3) is 0 Å². The first-order valence-corrected chi connectivity index (χ1v) is 7.24. The van der Waals surface area contributed by atoms with Crippen molar-refractivity contribution >= 4 is 22.4 Å². The molecule has 0 bridgehead atoms. The molecule has 0 aliphatic rings. The lowest BCUT2D eigenvalue weighted by molar-refractivity contribution is -0.122. The topological polar surface area (TPSA) is 51.2 Å². The number of hydrogen-bond donors (Lipinski definition) is 1. The van der Waals surface area contributed by atoms with Crippen LogP contribution in [0.5, 0.6) is 5.75 Å². The fraction of sp³-hybridized carbons (Fsp3) is 0.333. The summed E-state index contributed by atoms with van der Waals surface area (Å²) in [6.07, 6.45) is 1.16. The van der Waals surface area contributed by atoms with E-state index in [2.05, 4.69) is 10.3 Å². The SMILES string of the molecule is Cc1ccc(O[C@@H](C)C(=O)Nc2ncc(C)s2)c(C)c1. The number of aromatic nitrogens is 1. The van der Waals surface area contributed by atoms with Crippen molar-refractivity contribution in [1.29, 1.82) is 0 Å². The van der Waals surface area contributed by atoms with E-state index in [1.807, 2.05) is 39.0 Å². The Morgan fingerprint density at radius 2 is 2.10 bits per heavy atom. The number of carbonyl (C=O) groups excluding carboxylic acids is 1. The molecule has 0 aliphatic heterocycles. The first-order valence-electron chi connectivity index (χ1n) is 6.43. The predicted molar refractivity (Wildman–Crippen MR) is 81.5 cm³/mol. The molecule has 0 unspecified atom stereocenters. The van der Waals surface area contributed by atoms with Crippen molar-refractivity contribution in [1.82, 2.24) is 4.98 Å². The van der Waals surface area contributed by atoms with Crippen LogP contribution < -0.4 is 10.1 Å². The molecule has 0 spiro atoms. The number of amides is 1. The van der Waals surface area contributed by atoms with Crippen molar-refractivity contribution in [3.8, 4) is 5.75 Å². The highest BCUT2D eigenvalue weighted by molar-refractivity contribution is 7.15. The second kappa shape index (κ2) is 6.05. The van der Waals surface area contributed by atoms with Gasteiger partial charge in [-0.3, -0.25) is 10.1 Å². The summed E-state index contributed by atoms with van der Waals surface area (Å²) in [5.41, 5.74) is 2.19. The Hall–Kier alpha value is -1.88. The van der Waals surface area contributed by atoms with E-state index in [0.717, 1.165) is 16.2 Å². The van der Waals surface area contributed by atoms with E-state index in [9.17, 15) is 4.79 Å². The van der Waals surface area contributed by atoms with Gasteiger partial charge in [0.25, 0.3) is 5.91 Å². The third-order valence-corrected chi connectivity index (χ3v) is 3.68. The smallest absolute Gasteiger partial charge is 0.266 e. The van der Waals surface area contributed by atoms with E-state index in [-0.39, 0.29) is 5.91 Å². The van der Waals surface area contributed by atoms with Gasteiger partial charge in [-0.15, -0.1) is 11.3 Å². The maximum absolute atomic E-state index is 12.0. The summed E-state index contributed by atoms with van der Waals surface area (Å²) >= 11 is 1.45. The van der Waals surface area contributed by atoms with Crippen LogP contribution in [0.15, 0.2) is 24.4 Å². The molecule has 0 saturated heterocycles. The monoisotopic (exact) mass is 290 g/mol. The van der Waals surface area contributed by atoms with Gasteiger partial charge in [0, 0.05) is 11.1 Å². The number of carbonyl (C=O) groups is 1. The van der Waals surface area contributed by atoms with Gasteiger partial charge in [-0.2, -0.15) is 0 Å². The molecule has 1 aromatic heterocycles. The zero-order valence-corrected chi connectivity index (χ0v) is 12.9. The van der Waals surface area contributed by atoms with E-state index in [1.165, 1.54) is 16.9 Å². The van der Waals surface area contributed by atoms with Crippen LogP contribution in [-0.2, 0) is 4.79 Å². The minimum atomic E-state index is -0.569. The van der Waals surface area contributed by atoms with Gasteiger partial charge in [0.15, 0.2) is 11.2 Å². The van der Waals surface area contributed by atoms with Gasteiger partial charge < -0.3 is 4.74 Å². The summed E-state index contributed by atoms with van der Waals surface area (Å²) in [5.74, 6) is 0.535.